The Morgan fingerprint density at radius 2 is 2.04 bits per heavy atom. The Labute approximate surface area is 162 Å². The smallest absolute Gasteiger partial charge is 0.312 e. The molecule has 0 bridgehead atoms. The van der Waals surface area contributed by atoms with Gasteiger partial charge in [0.05, 0.1) is 22.1 Å². The monoisotopic (exact) mass is 391 g/mol. The molecule has 1 fully saturated rings. The molecular formula is C19H22ClN3O4. The highest BCUT2D eigenvalue weighted by Crippen LogP contribution is 2.31. The first-order chi connectivity index (χ1) is 13.0. The van der Waals surface area contributed by atoms with E-state index >= 15 is 0 Å². The Kier molecular flexibility index (Phi) is 6.60. The number of hydrogen-bond donors (Lipinski definition) is 1. The second-order valence-corrected chi connectivity index (χ2v) is 6.93. The second kappa shape index (κ2) is 9.12. The zero-order chi connectivity index (χ0) is 19.2. The van der Waals surface area contributed by atoms with E-state index in [1.807, 2.05) is 37.3 Å². The van der Waals surface area contributed by atoms with Crippen molar-refractivity contribution in [2.45, 2.75) is 38.0 Å². The molecule has 144 valence electrons. The first-order valence-electron chi connectivity index (χ1n) is 8.89. The molecule has 2 aromatic rings. The normalized spacial score (nSPS) is 17.3. The molecular weight excluding hydrogens is 370 g/mol. The topological polar surface area (TPSA) is 86.5 Å². The molecule has 0 amide bonds. The van der Waals surface area contributed by atoms with E-state index in [1.54, 1.807) is 0 Å². The minimum absolute atomic E-state index is 0.0846. The summed E-state index contributed by atoms with van der Waals surface area (Å²) in [7, 11) is 0. The SMILES string of the molecule is CC(Nc1ncc(Cl)cc1[N+](=O)[O-])C(OC1CCOCC1)c1ccccc1. The van der Waals surface area contributed by atoms with E-state index in [9.17, 15) is 10.1 Å². The summed E-state index contributed by atoms with van der Waals surface area (Å²) in [6, 6.07) is 10.9. The quantitative estimate of drug-likeness (QED) is 0.556. The zero-order valence-corrected chi connectivity index (χ0v) is 15.8. The van der Waals surface area contributed by atoms with Crippen molar-refractivity contribution in [3.05, 3.63) is 63.3 Å². The van der Waals surface area contributed by atoms with Gasteiger partial charge in [0.25, 0.3) is 0 Å². The number of rotatable bonds is 7. The molecule has 2 heterocycles. The molecule has 0 aliphatic carbocycles. The van der Waals surface area contributed by atoms with Gasteiger partial charge in [-0.2, -0.15) is 0 Å². The summed E-state index contributed by atoms with van der Waals surface area (Å²) in [5.41, 5.74) is 0.841. The molecule has 0 radical (unpaired) electrons. The van der Waals surface area contributed by atoms with Crippen molar-refractivity contribution in [3.8, 4) is 0 Å². The standard InChI is InChI=1S/C19H22ClN3O4/c1-13(22-19-17(23(24)25)11-15(20)12-21-19)18(14-5-3-2-4-6-14)27-16-7-9-26-10-8-16/h2-6,11-13,16,18H,7-10H2,1H3,(H,21,22). The van der Waals surface area contributed by atoms with Crippen molar-refractivity contribution >= 4 is 23.1 Å². The summed E-state index contributed by atoms with van der Waals surface area (Å²) >= 11 is 5.85. The number of hydrogen-bond acceptors (Lipinski definition) is 6. The van der Waals surface area contributed by atoms with Crippen LogP contribution < -0.4 is 5.32 Å². The molecule has 2 atom stereocenters. The summed E-state index contributed by atoms with van der Waals surface area (Å²) in [5.74, 6) is 0.174. The van der Waals surface area contributed by atoms with Crippen LogP contribution >= 0.6 is 11.6 Å². The lowest BCUT2D eigenvalue weighted by Gasteiger charge is -2.32. The molecule has 1 aliphatic heterocycles. The van der Waals surface area contributed by atoms with E-state index in [4.69, 9.17) is 21.1 Å². The second-order valence-electron chi connectivity index (χ2n) is 6.49. The summed E-state index contributed by atoms with van der Waals surface area (Å²) in [6.07, 6.45) is 2.85. The van der Waals surface area contributed by atoms with Gasteiger partial charge < -0.3 is 14.8 Å². The number of benzene rings is 1. The summed E-state index contributed by atoms with van der Waals surface area (Å²) in [4.78, 5) is 14.9. The lowest BCUT2D eigenvalue weighted by molar-refractivity contribution is -0.384. The largest absolute Gasteiger partial charge is 0.381 e. The lowest BCUT2D eigenvalue weighted by atomic mass is 10.0. The van der Waals surface area contributed by atoms with Crippen LogP contribution in [0.5, 0.6) is 0 Å². The maximum Gasteiger partial charge on any atom is 0.312 e. The van der Waals surface area contributed by atoms with Crippen LogP contribution in [0.25, 0.3) is 0 Å². The van der Waals surface area contributed by atoms with E-state index in [-0.39, 0.29) is 34.8 Å². The van der Waals surface area contributed by atoms with Gasteiger partial charge in [-0.15, -0.1) is 0 Å². The Morgan fingerprint density at radius 1 is 1.33 bits per heavy atom. The fraction of sp³-hybridized carbons (Fsp3) is 0.421. The predicted octanol–water partition coefficient (Wildman–Crippen LogP) is 4.38. The van der Waals surface area contributed by atoms with Gasteiger partial charge in [-0.1, -0.05) is 41.9 Å². The highest BCUT2D eigenvalue weighted by Gasteiger charge is 2.27. The zero-order valence-electron chi connectivity index (χ0n) is 15.0. The number of halogens is 1. The Morgan fingerprint density at radius 3 is 2.70 bits per heavy atom. The molecule has 0 saturated carbocycles. The van der Waals surface area contributed by atoms with Crippen molar-refractivity contribution in [2.75, 3.05) is 18.5 Å². The van der Waals surface area contributed by atoms with Crippen LogP contribution in [0.4, 0.5) is 11.5 Å². The van der Waals surface area contributed by atoms with Gasteiger partial charge in [0, 0.05) is 25.5 Å². The molecule has 1 N–H and O–H groups in total. The number of ether oxygens (including phenoxy) is 2. The van der Waals surface area contributed by atoms with Crippen LogP contribution in [0.2, 0.25) is 5.02 Å². The van der Waals surface area contributed by atoms with E-state index < -0.39 is 4.92 Å². The Balaban J connectivity index is 1.82. The summed E-state index contributed by atoms with van der Waals surface area (Å²) < 4.78 is 11.8. The first kappa shape index (κ1) is 19.5. The molecule has 8 heteroatoms. The average molecular weight is 392 g/mol. The van der Waals surface area contributed by atoms with E-state index in [1.165, 1.54) is 12.3 Å². The van der Waals surface area contributed by atoms with Crippen LogP contribution in [0.3, 0.4) is 0 Å². The van der Waals surface area contributed by atoms with Gasteiger partial charge in [-0.25, -0.2) is 4.98 Å². The minimum atomic E-state index is -0.495. The van der Waals surface area contributed by atoms with Gasteiger partial charge in [-0.3, -0.25) is 10.1 Å². The van der Waals surface area contributed by atoms with Crippen LogP contribution in [-0.4, -0.2) is 35.3 Å². The maximum atomic E-state index is 11.3. The molecule has 1 aromatic heterocycles. The fourth-order valence-electron chi connectivity index (χ4n) is 3.12. The molecule has 27 heavy (non-hydrogen) atoms. The van der Waals surface area contributed by atoms with Crippen molar-refractivity contribution < 1.29 is 14.4 Å². The van der Waals surface area contributed by atoms with Crippen molar-refractivity contribution in [2.24, 2.45) is 0 Å². The summed E-state index contributed by atoms with van der Waals surface area (Å²) in [6.45, 7) is 3.29. The van der Waals surface area contributed by atoms with E-state index in [0.29, 0.717) is 13.2 Å². The van der Waals surface area contributed by atoms with Gasteiger partial charge in [0.2, 0.25) is 5.82 Å². The summed E-state index contributed by atoms with van der Waals surface area (Å²) in [5, 5.41) is 14.7. The van der Waals surface area contributed by atoms with Gasteiger partial charge in [0.1, 0.15) is 6.10 Å². The fourth-order valence-corrected chi connectivity index (χ4v) is 3.27. The first-order valence-corrected chi connectivity index (χ1v) is 9.27. The Bertz CT molecular complexity index is 769. The van der Waals surface area contributed by atoms with Crippen molar-refractivity contribution in [1.29, 1.82) is 0 Å². The van der Waals surface area contributed by atoms with Gasteiger partial charge in [0.15, 0.2) is 0 Å². The maximum absolute atomic E-state index is 11.3. The third-order valence-electron chi connectivity index (χ3n) is 4.48. The van der Waals surface area contributed by atoms with Crippen LogP contribution in [0.1, 0.15) is 31.4 Å². The number of pyridine rings is 1. The third kappa shape index (κ3) is 5.15. The highest BCUT2D eigenvalue weighted by atomic mass is 35.5. The van der Waals surface area contributed by atoms with Crippen LogP contribution in [-0.2, 0) is 9.47 Å². The predicted molar refractivity (Wildman–Crippen MR) is 103 cm³/mol. The van der Waals surface area contributed by atoms with Crippen molar-refractivity contribution in [3.63, 3.8) is 0 Å². The molecule has 3 rings (SSSR count). The lowest BCUT2D eigenvalue weighted by Crippen LogP contribution is -2.33. The highest BCUT2D eigenvalue weighted by molar-refractivity contribution is 6.30. The molecule has 1 saturated heterocycles. The number of anilines is 1. The number of nitro groups is 1. The van der Waals surface area contributed by atoms with Crippen molar-refractivity contribution in [1.82, 2.24) is 4.98 Å². The van der Waals surface area contributed by atoms with Crippen LogP contribution in [0.15, 0.2) is 42.6 Å². The molecule has 2 unspecified atom stereocenters. The van der Waals surface area contributed by atoms with Crippen LogP contribution in [0, 0.1) is 10.1 Å². The molecule has 0 spiro atoms. The number of aromatic nitrogens is 1. The number of nitrogens with zero attached hydrogens (tertiary/aromatic N) is 2. The molecule has 1 aromatic carbocycles. The van der Waals surface area contributed by atoms with Gasteiger partial charge >= 0.3 is 5.69 Å². The number of nitrogens with one attached hydrogen (secondary N) is 1. The average Bonchev–Trinajstić information content (AvgIpc) is 2.68. The molecule has 7 nitrogen and oxygen atoms in total. The van der Waals surface area contributed by atoms with E-state index in [0.717, 1.165) is 18.4 Å². The molecule has 1 aliphatic rings. The third-order valence-corrected chi connectivity index (χ3v) is 4.69. The van der Waals surface area contributed by atoms with Gasteiger partial charge in [-0.05, 0) is 25.3 Å². The minimum Gasteiger partial charge on any atom is -0.381 e. The van der Waals surface area contributed by atoms with E-state index in [2.05, 4.69) is 10.3 Å². The Hall–Kier alpha value is -2.22.